The summed E-state index contributed by atoms with van der Waals surface area (Å²) in [5, 5.41) is 3.50. The van der Waals surface area contributed by atoms with Crippen LogP contribution in [0, 0.1) is 3.70 Å². The minimum Gasteiger partial charge on any atom is -0.382 e. The number of nitrogens with one attached hydrogen (secondary N) is 1. The molecule has 2 rings (SSSR count). The highest BCUT2D eigenvalue weighted by Crippen LogP contribution is 2.17. The molecule has 1 amide bonds. The Balaban J connectivity index is 1.88. The fraction of sp³-hybridized carbons (Fsp3) is 0.500. The molecular weight excluding hydrogens is 329 g/mol. The predicted molar refractivity (Wildman–Crippen MR) is 75.9 cm³/mol. The van der Waals surface area contributed by atoms with Crippen molar-refractivity contribution in [2.75, 3.05) is 18.4 Å². The molecule has 0 unspecified atom stereocenters. The zero-order chi connectivity index (χ0) is 12.3. The Hall–Kier alpha value is -0.850. The van der Waals surface area contributed by atoms with Crippen LogP contribution in [0.3, 0.4) is 0 Å². The van der Waals surface area contributed by atoms with E-state index >= 15 is 0 Å². The molecule has 0 aliphatic carbocycles. The molecule has 1 N–H and O–H groups in total. The summed E-state index contributed by atoms with van der Waals surface area (Å²) < 4.78 is 0.994. The van der Waals surface area contributed by atoms with Crippen LogP contribution in [0.1, 0.15) is 19.8 Å². The summed E-state index contributed by atoms with van der Waals surface area (Å²) in [6, 6.07) is 4.49. The lowest BCUT2D eigenvalue weighted by Crippen LogP contribution is -2.41. The molecule has 0 saturated carbocycles. The molecular formula is C12H16IN3O. The smallest absolute Gasteiger partial charge is 0.219 e. The summed E-state index contributed by atoms with van der Waals surface area (Å²) in [6.45, 7) is 3.35. The molecule has 0 spiro atoms. The Morgan fingerprint density at radius 2 is 2.24 bits per heavy atom. The molecule has 0 radical (unpaired) electrons. The third-order valence-electron chi connectivity index (χ3n) is 3.04. The molecule has 92 valence electrons. The van der Waals surface area contributed by atoms with Crippen LogP contribution in [0.4, 0.5) is 5.69 Å². The van der Waals surface area contributed by atoms with E-state index in [4.69, 9.17) is 0 Å². The zero-order valence-corrected chi connectivity index (χ0v) is 12.0. The highest BCUT2D eigenvalue weighted by molar-refractivity contribution is 14.1. The molecule has 1 aliphatic heterocycles. The van der Waals surface area contributed by atoms with E-state index in [2.05, 4.69) is 32.9 Å². The lowest BCUT2D eigenvalue weighted by atomic mass is 10.0. The molecule has 17 heavy (non-hydrogen) atoms. The predicted octanol–water partition coefficient (Wildman–Crippen LogP) is 2.11. The minimum atomic E-state index is 0.182. The summed E-state index contributed by atoms with van der Waals surface area (Å²) >= 11 is 2.21. The number of hydrogen-bond donors (Lipinski definition) is 1. The van der Waals surface area contributed by atoms with Gasteiger partial charge in [-0.3, -0.25) is 9.78 Å². The number of carbonyl (C=O) groups is 1. The Kier molecular flexibility index (Phi) is 4.20. The van der Waals surface area contributed by atoms with Crippen molar-refractivity contribution in [2.24, 2.45) is 0 Å². The Morgan fingerprint density at radius 1 is 1.53 bits per heavy atom. The van der Waals surface area contributed by atoms with E-state index in [0.29, 0.717) is 6.04 Å². The van der Waals surface area contributed by atoms with Crippen LogP contribution >= 0.6 is 22.6 Å². The Morgan fingerprint density at radius 3 is 2.82 bits per heavy atom. The van der Waals surface area contributed by atoms with Gasteiger partial charge in [0.25, 0.3) is 0 Å². The average Bonchev–Trinajstić information content (AvgIpc) is 2.29. The molecule has 2 heterocycles. The highest BCUT2D eigenvalue weighted by atomic mass is 127. The summed E-state index contributed by atoms with van der Waals surface area (Å²) in [7, 11) is 0. The number of anilines is 1. The van der Waals surface area contributed by atoms with Crippen LogP contribution in [-0.4, -0.2) is 34.9 Å². The van der Waals surface area contributed by atoms with Crippen molar-refractivity contribution >= 4 is 34.2 Å². The SMILES string of the molecule is CC(=O)N1CCC(Nc2ccnc(I)c2)CC1. The number of nitrogens with zero attached hydrogens (tertiary/aromatic N) is 2. The lowest BCUT2D eigenvalue weighted by molar-refractivity contribution is -0.129. The van der Waals surface area contributed by atoms with E-state index in [1.807, 2.05) is 23.2 Å². The quantitative estimate of drug-likeness (QED) is 0.660. The maximum atomic E-state index is 11.2. The van der Waals surface area contributed by atoms with Crippen molar-refractivity contribution in [2.45, 2.75) is 25.8 Å². The second-order valence-corrected chi connectivity index (χ2v) is 5.40. The first-order valence-electron chi connectivity index (χ1n) is 5.79. The van der Waals surface area contributed by atoms with Gasteiger partial charge in [-0.25, -0.2) is 0 Å². The summed E-state index contributed by atoms with van der Waals surface area (Å²) in [5.74, 6) is 0.182. The lowest BCUT2D eigenvalue weighted by Gasteiger charge is -2.32. The van der Waals surface area contributed by atoms with E-state index in [1.54, 1.807) is 6.92 Å². The van der Waals surface area contributed by atoms with Crippen LogP contribution in [0.15, 0.2) is 18.3 Å². The van der Waals surface area contributed by atoms with Gasteiger partial charge in [-0.1, -0.05) is 0 Å². The van der Waals surface area contributed by atoms with Gasteiger partial charge in [0.15, 0.2) is 0 Å². The van der Waals surface area contributed by atoms with Gasteiger partial charge in [-0.2, -0.15) is 0 Å². The number of aromatic nitrogens is 1. The molecule has 1 aromatic heterocycles. The molecule has 1 aromatic rings. The zero-order valence-electron chi connectivity index (χ0n) is 9.82. The number of rotatable bonds is 2. The van der Waals surface area contributed by atoms with Gasteiger partial charge in [0.1, 0.15) is 3.70 Å². The molecule has 1 saturated heterocycles. The van der Waals surface area contributed by atoms with Crippen molar-refractivity contribution in [3.63, 3.8) is 0 Å². The standard InChI is InChI=1S/C12H16IN3O/c1-9(17)16-6-3-10(4-7-16)15-11-2-5-14-12(13)8-11/h2,5,8,10H,3-4,6-7H2,1H3,(H,14,15). The van der Waals surface area contributed by atoms with Crippen molar-refractivity contribution in [3.8, 4) is 0 Å². The van der Waals surface area contributed by atoms with E-state index in [9.17, 15) is 4.79 Å². The van der Waals surface area contributed by atoms with E-state index in [-0.39, 0.29) is 5.91 Å². The normalized spacial score (nSPS) is 16.9. The summed E-state index contributed by atoms with van der Waals surface area (Å²) in [4.78, 5) is 17.3. The third kappa shape index (κ3) is 3.55. The number of likely N-dealkylation sites (tertiary alicyclic amines) is 1. The second-order valence-electron chi connectivity index (χ2n) is 4.29. The molecule has 4 nitrogen and oxygen atoms in total. The van der Waals surface area contributed by atoms with Gasteiger partial charge in [-0.05, 0) is 47.6 Å². The number of amides is 1. The van der Waals surface area contributed by atoms with Gasteiger partial charge in [-0.15, -0.1) is 0 Å². The van der Waals surface area contributed by atoms with Gasteiger partial charge in [0.05, 0.1) is 0 Å². The van der Waals surface area contributed by atoms with Crippen molar-refractivity contribution < 1.29 is 4.79 Å². The number of carbonyl (C=O) groups excluding carboxylic acids is 1. The van der Waals surface area contributed by atoms with Crippen LogP contribution in [0.2, 0.25) is 0 Å². The fourth-order valence-electron chi connectivity index (χ4n) is 2.07. The van der Waals surface area contributed by atoms with Crippen molar-refractivity contribution in [1.29, 1.82) is 0 Å². The van der Waals surface area contributed by atoms with E-state index in [0.717, 1.165) is 35.3 Å². The molecule has 1 aliphatic rings. The van der Waals surface area contributed by atoms with Crippen LogP contribution in [0.5, 0.6) is 0 Å². The number of hydrogen-bond acceptors (Lipinski definition) is 3. The minimum absolute atomic E-state index is 0.182. The highest BCUT2D eigenvalue weighted by Gasteiger charge is 2.20. The second kappa shape index (κ2) is 5.66. The molecule has 5 heteroatoms. The maximum Gasteiger partial charge on any atom is 0.219 e. The largest absolute Gasteiger partial charge is 0.382 e. The Labute approximate surface area is 115 Å². The maximum absolute atomic E-state index is 11.2. The van der Waals surface area contributed by atoms with Gasteiger partial charge in [0, 0.05) is 37.9 Å². The van der Waals surface area contributed by atoms with Crippen molar-refractivity contribution in [3.05, 3.63) is 22.0 Å². The molecule has 1 fully saturated rings. The third-order valence-corrected chi connectivity index (χ3v) is 3.63. The molecule has 0 bridgehead atoms. The van der Waals surface area contributed by atoms with Crippen molar-refractivity contribution in [1.82, 2.24) is 9.88 Å². The van der Waals surface area contributed by atoms with Crippen LogP contribution in [0.25, 0.3) is 0 Å². The fourth-order valence-corrected chi connectivity index (χ4v) is 2.56. The number of piperidine rings is 1. The van der Waals surface area contributed by atoms with E-state index in [1.165, 1.54) is 0 Å². The number of halogens is 1. The average molecular weight is 345 g/mol. The first kappa shape index (κ1) is 12.6. The Bertz CT molecular complexity index is 402. The summed E-state index contributed by atoms with van der Waals surface area (Å²) in [5.41, 5.74) is 1.12. The first-order chi connectivity index (χ1) is 8.15. The monoisotopic (exact) mass is 345 g/mol. The van der Waals surface area contributed by atoms with Crippen LogP contribution < -0.4 is 5.32 Å². The van der Waals surface area contributed by atoms with Crippen LogP contribution in [-0.2, 0) is 4.79 Å². The molecule has 0 atom stereocenters. The number of pyridine rings is 1. The summed E-state index contributed by atoms with van der Waals surface area (Å²) in [6.07, 6.45) is 3.84. The van der Waals surface area contributed by atoms with Gasteiger partial charge < -0.3 is 10.2 Å². The van der Waals surface area contributed by atoms with E-state index < -0.39 is 0 Å². The molecule has 0 aromatic carbocycles. The topological polar surface area (TPSA) is 45.2 Å². The first-order valence-corrected chi connectivity index (χ1v) is 6.86. The van der Waals surface area contributed by atoms with Gasteiger partial charge >= 0.3 is 0 Å². The van der Waals surface area contributed by atoms with Gasteiger partial charge in [0.2, 0.25) is 5.91 Å².